The van der Waals surface area contributed by atoms with Gasteiger partial charge in [0.05, 0.1) is 27.7 Å². The topological polar surface area (TPSA) is 70.4 Å². The average molecular weight is 392 g/mol. The van der Waals surface area contributed by atoms with E-state index in [0.717, 1.165) is 32.5 Å². The molecule has 0 atom stereocenters. The van der Waals surface area contributed by atoms with E-state index in [1.165, 1.54) is 11.3 Å². The molecule has 138 valence electrons. The summed E-state index contributed by atoms with van der Waals surface area (Å²) < 4.78 is 1.01. The molecule has 26 heavy (non-hydrogen) atoms. The third kappa shape index (κ3) is 5.53. The summed E-state index contributed by atoms with van der Waals surface area (Å²) in [6.45, 7) is 7.16. The fourth-order valence-corrected chi connectivity index (χ4v) is 3.46. The largest absolute Gasteiger partial charge is 0.481 e. The van der Waals surface area contributed by atoms with Gasteiger partial charge in [0.15, 0.2) is 0 Å². The number of aliphatic hydroxyl groups is 1. The van der Waals surface area contributed by atoms with Gasteiger partial charge in [-0.25, -0.2) is 4.98 Å². The molecule has 2 N–H and O–H groups in total. The predicted molar refractivity (Wildman–Crippen MR) is 108 cm³/mol. The van der Waals surface area contributed by atoms with Gasteiger partial charge in [-0.15, -0.1) is 11.3 Å². The Kier molecular flexibility index (Phi) is 6.39. The molecule has 0 radical (unpaired) electrons. The van der Waals surface area contributed by atoms with Crippen LogP contribution in [0.5, 0.6) is 0 Å². The Labute approximate surface area is 162 Å². The van der Waals surface area contributed by atoms with Crippen molar-refractivity contribution in [2.75, 3.05) is 0 Å². The second-order valence-corrected chi connectivity index (χ2v) is 8.29. The lowest BCUT2D eigenvalue weighted by Crippen LogP contribution is -2.10. The highest BCUT2D eigenvalue weighted by molar-refractivity contribution is 7.17. The lowest BCUT2D eigenvalue weighted by atomic mass is 9.93. The van der Waals surface area contributed by atoms with E-state index >= 15 is 0 Å². The zero-order valence-corrected chi connectivity index (χ0v) is 16.8. The quantitative estimate of drug-likeness (QED) is 0.633. The van der Waals surface area contributed by atoms with Gasteiger partial charge in [0.2, 0.25) is 0 Å². The third-order valence-corrected chi connectivity index (χ3v) is 4.53. The van der Waals surface area contributed by atoms with Crippen molar-refractivity contribution in [3.8, 4) is 11.1 Å². The van der Waals surface area contributed by atoms with Crippen LogP contribution in [0.15, 0.2) is 35.8 Å². The van der Waals surface area contributed by atoms with Crippen molar-refractivity contribution in [2.45, 2.75) is 39.7 Å². The Balaban J connectivity index is 0.000000431. The van der Waals surface area contributed by atoms with Crippen molar-refractivity contribution in [3.63, 3.8) is 0 Å². The highest BCUT2D eigenvalue weighted by atomic mass is 35.5. The third-order valence-electron chi connectivity index (χ3n) is 3.41. The number of benzene rings is 2. The minimum absolute atomic E-state index is 0.00235. The van der Waals surface area contributed by atoms with E-state index in [1.807, 2.05) is 37.3 Å². The summed E-state index contributed by atoms with van der Waals surface area (Å²) in [4.78, 5) is 15.5. The normalized spacial score (nSPS) is 11.2. The number of fused-ring (bicyclic) bond motifs is 1. The smallest absolute Gasteiger partial charge is 0.307 e. The number of halogens is 1. The second kappa shape index (κ2) is 8.16. The Morgan fingerprint density at radius 3 is 2.35 bits per heavy atom. The number of hydrogen-bond donors (Lipinski definition) is 2. The van der Waals surface area contributed by atoms with Crippen molar-refractivity contribution in [1.82, 2.24) is 4.98 Å². The number of aliphatic carboxylic acids is 1. The van der Waals surface area contributed by atoms with E-state index in [1.54, 1.807) is 26.3 Å². The van der Waals surface area contributed by atoms with Gasteiger partial charge in [-0.05, 0) is 62.6 Å². The fourth-order valence-electron chi connectivity index (χ4n) is 2.47. The molecular weight excluding hydrogens is 370 g/mol. The Morgan fingerprint density at radius 2 is 1.81 bits per heavy atom. The van der Waals surface area contributed by atoms with Crippen molar-refractivity contribution in [2.24, 2.45) is 0 Å². The zero-order chi connectivity index (χ0) is 19.5. The molecule has 6 heteroatoms. The van der Waals surface area contributed by atoms with Crippen LogP contribution in [0, 0.1) is 6.92 Å². The first kappa shape index (κ1) is 20.4. The van der Waals surface area contributed by atoms with Gasteiger partial charge >= 0.3 is 5.97 Å². The van der Waals surface area contributed by atoms with Crippen molar-refractivity contribution < 1.29 is 15.0 Å². The van der Waals surface area contributed by atoms with E-state index in [4.69, 9.17) is 16.7 Å². The van der Waals surface area contributed by atoms with Crippen LogP contribution in [0.25, 0.3) is 21.3 Å². The first-order chi connectivity index (χ1) is 12.1. The standard InChI is InChI=1S/C16H12ClNO2S.C4H10O/c1-9-6-13-16(21-8-18-13)15(12(9)7-14(19)20)10-2-4-11(17)5-3-10;1-4(2,3)5/h2-6,8H,7H2,1H3,(H,19,20);5H,1-3H3. The fraction of sp³-hybridized carbons (Fsp3) is 0.300. The number of carbonyl (C=O) groups is 1. The molecule has 1 aromatic heterocycles. The van der Waals surface area contributed by atoms with E-state index in [9.17, 15) is 9.90 Å². The van der Waals surface area contributed by atoms with Gasteiger partial charge in [0.25, 0.3) is 0 Å². The van der Waals surface area contributed by atoms with Crippen molar-refractivity contribution >= 4 is 39.1 Å². The maximum Gasteiger partial charge on any atom is 0.307 e. The molecular formula is C20H22ClNO3S. The number of carboxylic acids is 1. The minimum atomic E-state index is -0.836. The molecule has 4 nitrogen and oxygen atoms in total. The molecule has 0 aliphatic heterocycles. The van der Waals surface area contributed by atoms with Gasteiger partial charge in [0.1, 0.15) is 0 Å². The van der Waals surface area contributed by atoms with Gasteiger partial charge < -0.3 is 10.2 Å². The number of rotatable bonds is 3. The van der Waals surface area contributed by atoms with E-state index in [0.29, 0.717) is 5.02 Å². The molecule has 0 fully saturated rings. The summed E-state index contributed by atoms with van der Waals surface area (Å²) in [5, 5.41) is 18.4. The number of thiazole rings is 1. The molecule has 0 amide bonds. The van der Waals surface area contributed by atoms with Crippen LogP contribution in [0.3, 0.4) is 0 Å². The van der Waals surface area contributed by atoms with Crippen LogP contribution >= 0.6 is 22.9 Å². The molecule has 0 bridgehead atoms. The first-order valence-corrected chi connectivity index (χ1v) is 9.38. The van der Waals surface area contributed by atoms with E-state index < -0.39 is 11.6 Å². The van der Waals surface area contributed by atoms with Crippen LogP contribution in [-0.4, -0.2) is 26.8 Å². The van der Waals surface area contributed by atoms with Crippen LogP contribution in [0.1, 0.15) is 31.9 Å². The molecule has 3 aromatic rings. The maximum absolute atomic E-state index is 11.2. The van der Waals surface area contributed by atoms with Gasteiger partial charge in [-0.1, -0.05) is 23.7 Å². The predicted octanol–water partition coefficient (Wildman–Crippen LogP) is 5.33. The van der Waals surface area contributed by atoms with Crippen LogP contribution in [-0.2, 0) is 11.2 Å². The van der Waals surface area contributed by atoms with Gasteiger partial charge in [-0.2, -0.15) is 0 Å². The van der Waals surface area contributed by atoms with Crippen LogP contribution in [0.2, 0.25) is 5.02 Å². The molecule has 2 aromatic carbocycles. The Morgan fingerprint density at radius 1 is 1.23 bits per heavy atom. The molecule has 0 saturated heterocycles. The molecule has 0 aliphatic carbocycles. The number of aromatic nitrogens is 1. The second-order valence-electron chi connectivity index (χ2n) is 7.00. The molecule has 0 aliphatic rings. The number of nitrogens with zero attached hydrogens (tertiary/aromatic N) is 1. The Hall–Kier alpha value is -1.95. The summed E-state index contributed by atoms with van der Waals surface area (Å²) in [6, 6.07) is 9.42. The molecule has 0 spiro atoms. The number of carboxylic acid groups (broad SMARTS) is 1. The molecule has 0 saturated carbocycles. The summed E-state index contributed by atoms with van der Waals surface area (Å²) in [5.74, 6) is -0.836. The van der Waals surface area contributed by atoms with Crippen molar-refractivity contribution in [3.05, 3.63) is 52.0 Å². The summed E-state index contributed by atoms with van der Waals surface area (Å²) in [5.41, 5.74) is 5.88. The van der Waals surface area contributed by atoms with E-state index in [2.05, 4.69) is 4.98 Å². The molecule has 0 unspecified atom stereocenters. The molecule has 1 heterocycles. The van der Waals surface area contributed by atoms with Gasteiger partial charge in [-0.3, -0.25) is 4.79 Å². The monoisotopic (exact) mass is 391 g/mol. The number of aryl methyl sites for hydroxylation is 1. The SMILES string of the molecule is CC(C)(C)O.Cc1cc2ncsc2c(-c2ccc(Cl)cc2)c1CC(=O)O. The summed E-state index contributed by atoms with van der Waals surface area (Å²) >= 11 is 7.47. The van der Waals surface area contributed by atoms with Crippen LogP contribution < -0.4 is 0 Å². The highest BCUT2D eigenvalue weighted by Crippen LogP contribution is 2.37. The highest BCUT2D eigenvalue weighted by Gasteiger charge is 2.17. The van der Waals surface area contributed by atoms with Crippen molar-refractivity contribution in [1.29, 1.82) is 0 Å². The first-order valence-electron chi connectivity index (χ1n) is 8.12. The average Bonchev–Trinajstić information content (AvgIpc) is 2.95. The summed E-state index contributed by atoms with van der Waals surface area (Å²) in [6.07, 6.45) is -0.00235. The Bertz CT molecular complexity index is 905. The molecule has 3 rings (SSSR count). The minimum Gasteiger partial charge on any atom is -0.481 e. The lowest BCUT2D eigenvalue weighted by molar-refractivity contribution is -0.136. The number of hydrogen-bond acceptors (Lipinski definition) is 4. The maximum atomic E-state index is 11.2. The van der Waals surface area contributed by atoms with Gasteiger partial charge in [0, 0.05) is 10.6 Å². The summed E-state index contributed by atoms with van der Waals surface area (Å²) in [7, 11) is 0. The van der Waals surface area contributed by atoms with Crippen LogP contribution in [0.4, 0.5) is 0 Å². The zero-order valence-electron chi connectivity index (χ0n) is 15.2. The lowest BCUT2D eigenvalue weighted by Gasteiger charge is -2.13. The van der Waals surface area contributed by atoms with E-state index in [-0.39, 0.29) is 6.42 Å².